The summed E-state index contributed by atoms with van der Waals surface area (Å²) >= 11 is 0. The number of anilines is 1. The summed E-state index contributed by atoms with van der Waals surface area (Å²) in [7, 11) is 0. The van der Waals surface area contributed by atoms with E-state index in [1.165, 1.54) is 6.92 Å². The van der Waals surface area contributed by atoms with E-state index in [-0.39, 0.29) is 11.5 Å². The fourth-order valence-electron chi connectivity index (χ4n) is 3.31. The number of amides is 1. The first-order valence-corrected chi connectivity index (χ1v) is 9.14. The van der Waals surface area contributed by atoms with Gasteiger partial charge in [-0.15, -0.1) is 0 Å². The van der Waals surface area contributed by atoms with Crippen LogP contribution in [-0.4, -0.2) is 32.9 Å². The summed E-state index contributed by atoms with van der Waals surface area (Å²) in [4.78, 5) is 25.0. The normalized spacial score (nSPS) is 13.8. The van der Waals surface area contributed by atoms with Gasteiger partial charge in [-0.2, -0.15) is 5.10 Å². The van der Waals surface area contributed by atoms with Gasteiger partial charge >= 0.3 is 5.97 Å². The van der Waals surface area contributed by atoms with Crippen molar-refractivity contribution in [1.82, 2.24) is 14.9 Å². The Morgan fingerprint density at radius 3 is 2.75 bits per heavy atom. The van der Waals surface area contributed by atoms with Crippen LogP contribution in [0.5, 0.6) is 0 Å². The van der Waals surface area contributed by atoms with Crippen LogP contribution in [0.15, 0.2) is 40.9 Å². The Hall–Kier alpha value is -3.42. The molecule has 1 unspecified atom stereocenters. The molecule has 28 heavy (non-hydrogen) atoms. The van der Waals surface area contributed by atoms with E-state index in [4.69, 9.17) is 9.26 Å². The van der Waals surface area contributed by atoms with Crippen molar-refractivity contribution in [3.8, 4) is 5.69 Å². The molecule has 4 rings (SSSR count). The summed E-state index contributed by atoms with van der Waals surface area (Å²) in [6.07, 6.45) is 1.59. The van der Waals surface area contributed by atoms with Crippen LogP contribution >= 0.6 is 0 Å². The summed E-state index contributed by atoms with van der Waals surface area (Å²) < 4.78 is 12.1. The molecule has 0 saturated heterocycles. The van der Waals surface area contributed by atoms with Crippen LogP contribution in [0.25, 0.3) is 5.69 Å². The lowest BCUT2D eigenvalue weighted by molar-refractivity contribution is -0.123. The van der Waals surface area contributed by atoms with Crippen LogP contribution in [0.1, 0.15) is 40.9 Å². The number of benzene rings is 1. The molecule has 1 atom stereocenters. The minimum absolute atomic E-state index is 0.272. The second-order valence-electron chi connectivity index (χ2n) is 6.73. The first-order chi connectivity index (χ1) is 13.5. The van der Waals surface area contributed by atoms with Crippen LogP contribution in [0.2, 0.25) is 0 Å². The lowest BCUT2D eigenvalue weighted by atomic mass is 10.2. The third kappa shape index (κ3) is 3.40. The van der Waals surface area contributed by atoms with Crippen molar-refractivity contribution in [2.24, 2.45) is 0 Å². The molecule has 0 saturated carbocycles. The zero-order valence-electron chi connectivity index (χ0n) is 15.6. The molecule has 0 fully saturated rings. The highest BCUT2D eigenvalue weighted by Gasteiger charge is 2.30. The van der Waals surface area contributed by atoms with Gasteiger partial charge in [-0.05, 0) is 45.2 Å². The van der Waals surface area contributed by atoms with Gasteiger partial charge in [-0.25, -0.2) is 9.48 Å². The Morgan fingerprint density at radius 2 is 2.04 bits per heavy atom. The number of hydrogen-bond donors (Lipinski definition) is 1. The summed E-state index contributed by atoms with van der Waals surface area (Å²) in [6, 6.07) is 11.2. The number of carbonyl (C=O) groups is 2. The Balaban J connectivity index is 1.51. The number of hydrogen-bond acceptors (Lipinski definition) is 6. The maximum Gasteiger partial charge on any atom is 0.359 e. The number of aryl methyl sites for hydroxylation is 1. The number of ether oxygens (including phenoxy) is 1. The molecule has 0 aliphatic heterocycles. The van der Waals surface area contributed by atoms with Crippen molar-refractivity contribution in [2.45, 2.75) is 39.2 Å². The minimum atomic E-state index is -0.997. The van der Waals surface area contributed by atoms with Crippen molar-refractivity contribution < 1.29 is 18.8 Å². The Morgan fingerprint density at radius 1 is 1.25 bits per heavy atom. The second kappa shape index (κ2) is 7.30. The molecule has 0 radical (unpaired) electrons. The van der Waals surface area contributed by atoms with Crippen LogP contribution in [0.4, 0.5) is 5.82 Å². The van der Waals surface area contributed by atoms with E-state index in [1.54, 1.807) is 17.7 Å². The molecule has 2 aromatic heterocycles. The van der Waals surface area contributed by atoms with E-state index < -0.39 is 18.0 Å². The number of fused-ring (bicyclic) bond motifs is 1. The van der Waals surface area contributed by atoms with E-state index >= 15 is 0 Å². The summed E-state index contributed by atoms with van der Waals surface area (Å²) in [5.41, 5.74) is 3.09. The minimum Gasteiger partial charge on any atom is -0.448 e. The maximum absolute atomic E-state index is 12.7. The number of aromatic nitrogens is 3. The van der Waals surface area contributed by atoms with Crippen LogP contribution in [0, 0.1) is 6.92 Å². The number of para-hydroxylation sites is 1. The lowest BCUT2D eigenvalue weighted by Crippen LogP contribution is -2.30. The molecule has 1 aliphatic rings. The van der Waals surface area contributed by atoms with Crippen molar-refractivity contribution in [3.05, 3.63) is 59.1 Å². The number of nitrogens with one attached hydrogen (secondary N) is 1. The molecule has 0 spiro atoms. The molecule has 2 heterocycles. The Labute approximate surface area is 161 Å². The third-order valence-electron chi connectivity index (χ3n) is 4.66. The number of rotatable bonds is 5. The SMILES string of the molecule is Cc1cc(NC(=O)C(C)OC(=O)c2nn(-c3ccccc3)c3c2CCC3)no1. The predicted molar refractivity (Wildman–Crippen MR) is 100 cm³/mol. The number of nitrogens with zero attached hydrogens (tertiary/aromatic N) is 3. The Kier molecular flexibility index (Phi) is 4.68. The first-order valence-electron chi connectivity index (χ1n) is 9.14. The predicted octanol–water partition coefficient (Wildman–Crippen LogP) is 2.84. The van der Waals surface area contributed by atoms with Crippen molar-refractivity contribution in [1.29, 1.82) is 0 Å². The molecule has 1 N–H and O–H groups in total. The largest absolute Gasteiger partial charge is 0.448 e. The molecular formula is C20H20N4O4. The van der Waals surface area contributed by atoms with Gasteiger partial charge < -0.3 is 14.6 Å². The quantitative estimate of drug-likeness (QED) is 0.683. The van der Waals surface area contributed by atoms with Crippen LogP contribution < -0.4 is 5.32 Å². The highest BCUT2D eigenvalue weighted by Crippen LogP contribution is 2.28. The molecule has 0 bridgehead atoms. The standard InChI is InChI=1S/C20H20N4O4/c1-12-11-17(23-28-12)21-19(25)13(2)27-20(26)18-15-9-6-10-16(15)24(22-18)14-7-4-3-5-8-14/h3-5,7-8,11,13H,6,9-10H2,1-2H3,(H,21,23,25). The highest BCUT2D eigenvalue weighted by molar-refractivity contribution is 5.96. The van der Waals surface area contributed by atoms with Gasteiger partial charge in [0.2, 0.25) is 0 Å². The second-order valence-corrected chi connectivity index (χ2v) is 6.73. The molecule has 1 aliphatic carbocycles. The van der Waals surface area contributed by atoms with Gasteiger partial charge in [-0.3, -0.25) is 4.79 Å². The van der Waals surface area contributed by atoms with Gasteiger partial charge in [0, 0.05) is 17.3 Å². The van der Waals surface area contributed by atoms with E-state index in [1.807, 2.05) is 30.3 Å². The topological polar surface area (TPSA) is 99.2 Å². The van der Waals surface area contributed by atoms with Crippen LogP contribution in [0.3, 0.4) is 0 Å². The molecule has 3 aromatic rings. The average Bonchev–Trinajstić information content (AvgIpc) is 3.39. The average molecular weight is 380 g/mol. The third-order valence-corrected chi connectivity index (χ3v) is 4.66. The van der Waals surface area contributed by atoms with E-state index in [2.05, 4.69) is 15.6 Å². The highest BCUT2D eigenvalue weighted by atomic mass is 16.5. The lowest BCUT2D eigenvalue weighted by Gasteiger charge is -2.11. The van der Waals surface area contributed by atoms with Crippen molar-refractivity contribution in [3.63, 3.8) is 0 Å². The summed E-state index contributed by atoms with van der Waals surface area (Å²) in [6.45, 7) is 3.23. The molecule has 8 nitrogen and oxygen atoms in total. The van der Waals surface area contributed by atoms with Gasteiger partial charge in [0.05, 0.1) is 5.69 Å². The van der Waals surface area contributed by atoms with E-state index in [0.717, 1.165) is 36.2 Å². The molecule has 144 valence electrons. The van der Waals surface area contributed by atoms with Crippen LogP contribution in [-0.2, 0) is 22.4 Å². The van der Waals surface area contributed by atoms with Gasteiger partial charge in [0.1, 0.15) is 5.76 Å². The zero-order chi connectivity index (χ0) is 19.7. The smallest absolute Gasteiger partial charge is 0.359 e. The van der Waals surface area contributed by atoms with Gasteiger partial charge in [0.15, 0.2) is 17.6 Å². The van der Waals surface area contributed by atoms with Gasteiger partial charge in [-0.1, -0.05) is 23.4 Å². The Bertz CT molecular complexity index is 1020. The molecule has 1 aromatic carbocycles. The number of carbonyl (C=O) groups excluding carboxylic acids is 2. The summed E-state index contributed by atoms with van der Waals surface area (Å²) in [5, 5.41) is 10.7. The molecular weight excluding hydrogens is 360 g/mol. The molecule has 1 amide bonds. The summed E-state index contributed by atoms with van der Waals surface area (Å²) in [5.74, 6) is -0.241. The fourth-order valence-corrected chi connectivity index (χ4v) is 3.31. The zero-order valence-corrected chi connectivity index (χ0v) is 15.6. The van der Waals surface area contributed by atoms with Crippen molar-refractivity contribution in [2.75, 3.05) is 5.32 Å². The fraction of sp³-hybridized carbons (Fsp3) is 0.300. The van der Waals surface area contributed by atoms with E-state index in [0.29, 0.717) is 5.76 Å². The number of esters is 1. The van der Waals surface area contributed by atoms with E-state index in [9.17, 15) is 9.59 Å². The first kappa shape index (κ1) is 18.0. The molecule has 8 heteroatoms. The van der Waals surface area contributed by atoms with Crippen molar-refractivity contribution >= 4 is 17.7 Å². The monoisotopic (exact) mass is 380 g/mol. The van der Waals surface area contributed by atoms with Gasteiger partial charge in [0.25, 0.3) is 5.91 Å². The maximum atomic E-state index is 12.7.